The zero-order valence-electron chi connectivity index (χ0n) is 7.30. The minimum absolute atomic E-state index is 0. The van der Waals surface area contributed by atoms with E-state index in [0.717, 1.165) is 19.3 Å². The van der Waals surface area contributed by atoms with Gasteiger partial charge in [-0.3, -0.25) is 12.1 Å². The molecular weight excluding hydrogens is 222 g/mol. The van der Waals surface area contributed by atoms with E-state index in [-0.39, 0.29) is 16.5 Å². The summed E-state index contributed by atoms with van der Waals surface area (Å²) in [5, 5.41) is 33.4. The molecule has 0 aliphatic rings. The fourth-order valence-corrected chi connectivity index (χ4v) is 0.526. The molecule has 7 heteroatoms. The number of carboxylic acid groups (broad SMARTS) is 1. The number of carbonyl (C=O) groups is 1. The minimum Gasteiger partial charge on any atom is -0.907 e. The quantitative estimate of drug-likeness (QED) is 0.434. The third kappa shape index (κ3) is 48.5. The first-order chi connectivity index (χ1) is 5.50. The van der Waals surface area contributed by atoms with Gasteiger partial charge in [0.05, 0.1) is 0 Å². The third-order valence-corrected chi connectivity index (χ3v) is 0.994. The van der Waals surface area contributed by atoms with E-state index in [1.807, 2.05) is 0 Å². The van der Waals surface area contributed by atoms with Crippen LogP contribution in [0.1, 0.15) is 32.6 Å². The van der Waals surface area contributed by atoms with Gasteiger partial charge in [-0.25, -0.2) is 0 Å². The van der Waals surface area contributed by atoms with Gasteiger partial charge >= 0.3 is 22.5 Å². The Morgan fingerprint density at radius 1 is 1.31 bits per heavy atom. The Bertz CT molecular complexity index is 108. The summed E-state index contributed by atoms with van der Waals surface area (Å²) in [5.74, 6) is -0.682. The van der Waals surface area contributed by atoms with Crippen LogP contribution in [0, 0.1) is 0 Å². The number of hydrogen-bond donors (Lipinski definition) is 1. The standard InChI is InChI=1S/C6H12O2.BO3.Ni/c1-2-3-4-5-6(7)8;2-1(3)4;/h2-5H2,1H3,(H,7,8);;/q;-3;+3. The fraction of sp³-hybridized carbons (Fsp3) is 0.833. The third-order valence-electron chi connectivity index (χ3n) is 0.994. The van der Waals surface area contributed by atoms with Crippen molar-refractivity contribution in [1.82, 2.24) is 0 Å². The van der Waals surface area contributed by atoms with Crippen LogP contribution in [0.4, 0.5) is 0 Å². The average Bonchev–Trinajstić information content (AvgIpc) is 1.86. The van der Waals surface area contributed by atoms with Crippen LogP contribution < -0.4 is 15.1 Å². The van der Waals surface area contributed by atoms with Gasteiger partial charge in [-0.1, -0.05) is 19.8 Å². The Morgan fingerprint density at radius 2 is 1.69 bits per heavy atom. The minimum atomic E-state index is -2.92. The van der Waals surface area contributed by atoms with Crippen LogP contribution in [0.3, 0.4) is 0 Å². The summed E-state index contributed by atoms with van der Waals surface area (Å²) in [7, 11) is -2.92. The van der Waals surface area contributed by atoms with Crippen molar-refractivity contribution in [3.63, 3.8) is 0 Å². The molecule has 13 heavy (non-hydrogen) atoms. The van der Waals surface area contributed by atoms with E-state index in [0.29, 0.717) is 6.42 Å². The molecule has 79 valence electrons. The Labute approximate surface area is 87.9 Å². The van der Waals surface area contributed by atoms with E-state index in [9.17, 15) is 4.79 Å². The van der Waals surface area contributed by atoms with Crippen molar-refractivity contribution in [2.45, 2.75) is 32.6 Å². The van der Waals surface area contributed by atoms with Crippen LogP contribution in [0.5, 0.6) is 0 Å². The SMILES string of the molecule is CCCCCC(=O)O.[Ni+3].[O-]B([O-])[O-]. The molecule has 0 aromatic rings. The monoisotopic (exact) mass is 233 g/mol. The molecule has 0 bridgehead atoms. The van der Waals surface area contributed by atoms with Gasteiger partial charge in [-0.15, -0.1) is 0 Å². The van der Waals surface area contributed by atoms with Gasteiger partial charge in [0.25, 0.3) is 0 Å². The molecule has 0 aromatic heterocycles. The van der Waals surface area contributed by atoms with Gasteiger partial charge in [0.2, 0.25) is 0 Å². The average molecular weight is 234 g/mol. The molecule has 0 rings (SSSR count). The Kier molecular flexibility index (Phi) is 20.7. The van der Waals surface area contributed by atoms with Crippen molar-refractivity contribution in [2.75, 3.05) is 0 Å². The molecule has 0 spiro atoms. The molecular formula is C6H12BNiO5. The number of rotatable bonds is 4. The van der Waals surface area contributed by atoms with Gasteiger partial charge in [0.15, 0.2) is 0 Å². The molecule has 0 aliphatic heterocycles. The Balaban J connectivity index is -0.000000173. The zero-order chi connectivity index (χ0) is 9.98. The molecule has 0 saturated carbocycles. The summed E-state index contributed by atoms with van der Waals surface area (Å²) in [6, 6.07) is 0. The first kappa shape index (κ1) is 18.6. The molecule has 1 N–H and O–H groups in total. The topological polar surface area (TPSA) is 106 Å². The second-order valence-electron chi connectivity index (χ2n) is 2.14. The second kappa shape index (κ2) is 14.4. The first-order valence-electron chi connectivity index (χ1n) is 3.70. The molecule has 0 fully saturated rings. The molecule has 1 radical (unpaired) electrons. The maximum absolute atomic E-state index is 9.87. The largest absolute Gasteiger partial charge is 3.00 e. The van der Waals surface area contributed by atoms with Gasteiger partial charge in [0.1, 0.15) is 0 Å². The van der Waals surface area contributed by atoms with Crippen molar-refractivity contribution in [3.8, 4) is 0 Å². The van der Waals surface area contributed by atoms with Gasteiger partial charge in [-0.05, 0) is 6.42 Å². The summed E-state index contributed by atoms with van der Waals surface area (Å²) in [4.78, 5) is 9.87. The first-order valence-corrected chi connectivity index (χ1v) is 3.70. The van der Waals surface area contributed by atoms with E-state index >= 15 is 0 Å². The predicted octanol–water partition coefficient (Wildman–Crippen LogP) is -2.30. The van der Waals surface area contributed by atoms with Crippen molar-refractivity contribution in [1.29, 1.82) is 0 Å². The van der Waals surface area contributed by atoms with E-state index in [1.54, 1.807) is 0 Å². The summed E-state index contributed by atoms with van der Waals surface area (Å²) in [6.07, 6.45) is 3.28. The zero-order valence-corrected chi connectivity index (χ0v) is 8.29. The van der Waals surface area contributed by atoms with Crippen LogP contribution in [0.25, 0.3) is 0 Å². The maximum Gasteiger partial charge on any atom is 3.00 e. The summed E-state index contributed by atoms with van der Waals surface area (Å²) >= 11 is 0. The second-order valence-corrected chi connectivity index (χ2v) is 2.14. The van der Waals surface area contributed by atoms with Crippen molar-refractivity contribution < 1.29 is 41.5 Å². The van der Waals surface area contributed by atoms with Crippen molar-refractivity contribution in [3.05, 3.63) is 0 Å². The molecule has 0 atom stereocenters. The molecule has 0 unspecified atom stereocenters. The van der Waals surface area contributed by atoms with Crippen LogP contribution in [0.2, 0.25) is 0 Å². The van der Waals surface area contributed by atoms with E-state index < -0.39 is 13.3 Å². The number of aliphatic carboxylic acids is 1. The molecule has 5 nitrogen and oxygen atoms in total. The molecule has 0 amide bonds. The number of carboxylic acids is 1. The Hall–Kier alpha value is -0.0916. The summed E-state index contributed by atoms with van der Waals surface area (Å²) in [6.45, 7) is 2.06. The summed E-state index contributed by atoms with van der Waals surface area (Å²) in [5.41, 5.74) is 0. The number of hydrogen-bond acceptors (Lipinski definition) is 4. The molecule has 0 saturated heterocycles. The maximum atomic E-state index is 9.87. The van der Waals surface area contributed by atoms with Crippen LogP contribution in [-0.4, -0.2) is 18.4 Å². The number of unbranched alkanes of at least 4 members (excludes halogenated alkanes) is 2. The Morgan fingerprint density at radius 3 is 1.92 bits per heavy atom. The van der Waals surface area contributed by atoms with E-state index in [2.05, 4.69) is 6.92 Å². The smallest absolute Gasteiger partial charge is 0.907 e. The van der Waals surface area contributed by atoms with Crippen molar-refractivity contribution >= 4 is 13.3 Å². The van der Waals surface area contributed by atoms with Crippen LogP contribution >= 0.6 is 0 Å². The molecule has 0 aliphatic carbocycles. The predicted molar refractivity (Wildman–Crippen MR) is 37.5 cm³/mol. The molecule has 0 aromatic carbocycles. The van der Waals surface area contributed by atoms with Gasteiger partial charge < -0.3 is 20.2 Å². The van der Waals surface area contributed by atoms with E-state index in [4.69, 9.17) is 20.2 Å². The van der Waals surface area contributed by atoms with Crippen LogP contribution in [0.15, 0.2) is 0 Å². The van der Waals surface area contributed by atoms with Crippen molar-refractivity contribution in [2.24, 2.45) is 0 Å². The summed E-state index contributed by atoms with van der Waals surface area (Å²) < 4.78 is 0. The fourth-order valence-electron chi connectivity index (χ4n) is 0.526. The normalized spacial score (nSPS) is 7.69. The van der Waals surface area contributed by atoms with Gasteiger partial charge in [-0.2, -0.15) is 0 Å². The van der Waals surface area contributed by atoms with E-state index in [1.165, 1.54) is 0 Å². The van der Waals surface area contributed by atoms with Gasteiger partial charge in [0, 0.05) is 6.42 Å². The van der Waals surface area contributed by atoms with Crippen LogP contribution in [-0.2, 0) is 21.3 Å². The molecule has 0 heterocycles.